The van der Waals surface area contributed by atoms with Gasteiger partial charge in [0.25, 0.3) is 0 Å². The zero-order valence-corrected chi connectivity index (χ0v) is 9.35. The van der Waals surface area contributed by atoms with E-state index in [9.17, 15) is 9.90 Å². The van der Waals surface area contributed by atoms with Crippen LogP contribution < -0.4 is 0 Å². The Morgan fingerprint density at radius 2 is 2.36 bits per heavy atom. The van der Waals surface area contributed by atoms with Crippen LogP contribution in [0.2, 0.25) is 0 Å². The van der Waals surface area contributed by atoms with Crippen molar-refractivity contribution in [1.82, 2.24) is 4.90 Å². The third-order valence-corrected chi connectivity index (χ3v) is 3.81. The van der Waals surface area contributed by atoms with Crippen molar-refractivity contribution in [2.45, 2.75) is 26.2 Å². The van der Waals surface area contributed by atoms with E-state index in [1.807, 2.05) is 0 Å². The third kappa shape index (κ3) is 1.52. The van der Waals surface area contributed by atoms with Crippen molar-refractivity contribution >= 4 is 18.4 Å². The molecule has 1 aliphatic heterocycles. The molecule has 0 aromatic carbocycles. The minimum atomic E-state index is -0.564. The van der Waals surface area contributed by atoms with Gasteiger partial charge in [-0.2, -0.15) is 0 Å². The molecular weight excluding hydrogens is 202 g/mol. The zero-order valence-electron chi connectivity index (χ0n) is 8.53. The Balaban J connectivity index is 0.000000980. The van der Waals surface area contributed by atoms with Crippen LogP contribution in [-0.2, 0) is 4.79 Å². The maximum absolute atomic E-state index is 11.2. The van der Waals surface area contributed by atoms with Crippen molar-refractivity contribution in [2.75, 3.05) is 19.6 Å². The van der Waals surface area contributed by atoms with Gasteiger partial charge in [0.1, 0.15) is 0 Å². The van der Waals surface area contributed by atoms with E-state index in [4.69, 9.17) is 0 Å². The van der Waals surface area contributed by atoms with E-state index < -0.39 is 5.97 Å². The summed E-state index contributed by atoms with van der Waals surface area (Å²) in [5.41, 5.74) is -0.379. The summed E-state index contributed by atoms with van der Waals surface area (Å²) in [6.45, 7) is 4.88. The summed E-state index contributed by atoms with van der Waals surface area (Å²) in [4.78, 5) is 13.5. The highest BCUT2D eigenvalue weighted by Gasteiger charge is 2.54. The summed E-state index contributed by atoms with van der Waals surface area (Å²) in [5, 5.41) is 9.26. The average molecular weight is 220 g/mol. The monoisotopic (exact) mass is 219 g/mol. The molecule has 2 rings (SSSR count). The normalized spacial score (nSPS) is 36.5. The van der Waals surface area contributed by atoms with Crippen LogP contribution in [0.15, 0.2) is 0 Å². The largest absolute Gasteiger partial charge is 0.481 e. The number of halogens is 1. The molecule has 2 fully saturated rings. The Hall–Kier alpha value is -0.280. The van der Waals surface area contributed by atoms with Crippen LogP contribution in [0.25, 0.3) is 0 Å². The molecule has 0 radical (unpaired) electrons. The highest BCUT2D eigenvalue weighted by molar-refractivity contribution is 5.85. The van der Waals surface area contributed by atoms with Crippen molar-refractivity contribution < 1.29 is 9.90 Å². The van der Waals surface area contributed by atoms with Gasteiger partial charge in [-0.25, -0.2) is 0 Å². The van der Waals surface area contributed by atoms with E-state index in [0.29, 0.717) is 5.92 Å². The van der Waals surface area contributed by atoms with Crippen LogP contribution >= 0.6 is 12.4 Å². The van der Waals surface area contributed by atoms with E-state index in [1.165, 1.54) is 0 Å². The molecule has 0 spiro atoms. The fourth-order valence-corrected chi connectivity index (χ4v) is 2.98. The molecule has 0 unspecified atom stereocenters. The molecule has 2 aliphatic rings. The van der Waals surface area contributed by atoms with Gasteiger partial charge in [0.05, 0.1) is 5.41 Å². The van der Waals surface area contributed by atoms with Crippen LogP contribution in [0.1, 0.15) is 26.2 Å². The van der Waals surface area contributed by atoms with E-state index >= 15 is 0 Å². The summed E-state index contributed by atoms with van der Waals surface area (Å²) in [7, 11) is 0. The number of likely N-dealkylation sites (tertiary alicyclic amines) is 1. The van der Waals surface area contributed by atoms with Crippen LogP contribution in [0.5, 0.6) is 0 Å². The first-order chi connectivity index (χ1) is 6.19. The smallest absolute Gasteiger partial charge is 0.311 e. The van der Waals surface area contributed by atoms with Gasteiger partial charge in [-0.1, -0.05) is 13.3 Å². The standard InChI is InChI=1S/C10H17NO2.ClH/c1-2-11-6-8-4-3-5-10(8,7-11)9(12)13;/h8H,2-7H2,1H3,(H,12,13);1H/t8-,10+;/m0./s1. The Kier molecular flexibility index (Phi) is 3.43. The van der Waals surface area contributed by atoms with Gasteiger partial charge in [-0.3, -0.25) is 4.79 Å². The number of fused-ring (bicyclic) bond motifs is 1. The minimum Gasteiger partial charge on any atom is -0.481 e. The maximum atomic E-state index is 11.2. The first kappa shape index (κ1) is 11.8. The number of carboxylic acid groups (broad SMARTS) is 1. The Morgan fingerprint density at radius 1 is 1.64 bits per heavy atom. The van der Waals surface area contributed by atoms with Gasteiger partial charge in [0.15, 0.2) is 0 Å². The van der Waals surface area contributed by atoms with Gasteiger partial charge >= 0.3 is 5.97 Å². The van der Waals surface area contributed by atoms with Crippen molar-refractivity contribution in [3.8, 4) is 0 Å². The van der Waals surface area contributed by atoms with Gasteiger partial charge in [-0.05, 0) is 25.3 Å². The SMILES string of the molecule is CCN1C[C@@H]2CCC[C@@]2(C(=O)O)C1.Cl. The number of hydrogen-bond acceptors (Lipinski definition) is 2. The molecule has 14 heavy (non-hydrogen) atoms. The fourth-order valence-electron chi connectivity index (χ4n) is 2.98. The average Bonchev–Trinajstić information content (AvgIpc) is 2.58. The predicted molar refractivity (Wildman–Crippen MR) is 56.8 cm³/mol. The van der Waals surface area contributed by atoms with Crippen molar-refractivity contribution in [3.05, 3.63) is 0 Å². The van der Waals surface area contributed by atoms with E-state index in [0.717, 1.165) is 38.9 Å². The summed E-state index contributed by atoms with van der Waals surface area (Å²) < 4.78 is 0. The van der Waals surface area contributed by atoms with Gasteiger partial charge in [0, 0.05) is 13.1 Å². The minimum absolute atomic E-state index is 0. The molecule has 1 aliphatic carbocycles. The van der Waals surface area contributed by atoms with Crippen molar-refractivity contribution in [1.29, 1.82) is 0 Å². The van der Waals surface area contributed by atoms with Gasteiger partial charge in [-0.15, -0.1) is 12.4 Å². The second-order valence-corrected chi connectivity index (χ2v) is 4.38. The number of carbonyl (C=O) groups is 1. The molecule has 3 nitrogen and oxygen atoms in total. The van der Waals surface area contributed by atoms with Crippen LogP contribution in [0.3, 0.4) is 0 Å². The van der Waals surface area contributed by atoms with Crippen LogP contribution in [-0.4, -0.2) is 35.6 Å². The molecule has 1 saturated carbocycles. The summed E-state index contributed by atoms with van der Waals surface area (Å²) in [6.07, 6.45) is 3.11. The van der Waals surface area contributed by atoms with Crippen LogP contribution in [0.4, 0.5) is 0 Å². The highest BCUT2D eigenvalue weighted by Crippen LogP contribution is 2.48. The molecule has 0 amide bonds. The van der Waals surface area contributed by atoms with Crippen molar-refractivity contribution in [3.63, 3.8) is 0 Å². The quantitative estimate of drug-likeness (QED) is 0.767. The number of aliphatic carboxylic acids is 1. The lowest BCUT2D eigenvalue weighted by molar-refractivity contribution is -0.149. The van der Waals surface area contributed by atoms with E-state index in [-0.39, 0.29) is 17.8 Å². The number of rotatable bonds is 2. The Bertz CT molecular complexity index is 234. The molecular formula is C10H18ClNO2. The molecule has 2 atom stereocenters. The lowest BCUT2D eigenvalue weighted by Gasteiger charge is -2.23. The second-order valence-electron chi connectivity index (χ2n) is 4.38. The Morgan fingerprint density at radius 3 is 2.86 bits per heavy atom. The molecule has 82 valence electrons. The number of hydrogen-bond donors (Lipinski definition) is 1. The number of nitrogens with zero attached hydrogens (tertiary/aromatic N) is 1. The predicted octanol–water partition coefficient (Wildman–Crippen LogP) is 1.61. The third-order valence-electron chi connectivity index (χ3n) is 3.81. The van der Waals surface area contributed by atoms with E-state index in [1.54, 1.807) is 0 Å². The van der Waals surface area contributed by atoms with Gasteiger partial charge in [0.2, 0.25) is 0 Å². The lowest BCUT2D eigenvalue weighted by atomic mass is 9.81. The summed E-state index contributed by atoms with van der Waals surface area (Å²) in [6, 6.07) is 0. The first-order valence-electron chi connectivity index (χ1n) is 5.15. The number of carboxylic acids is 1. The molecule has 0 aromatic rings. The summed E-state index contributed by atoms with van der Waals surface area (Å²) >= 11 is 0. The molecule has 1 N–H and O–H groups in total. The second kappa shape index (κ2) is 4.07. The molecule has 1 saturated heterocycles. The van der Waals surface area contributed by atoms with Crippen molar-refractivity contribution in [2.24, 2.45) is 11.3 Å². The lowest BCUT2D eigenvalue weighted by Crippen LogP contribution is -2.35. The molecule has 0 bridgehead atoms. The highest BCUT2D eigenvalue weighted by atomic mass is 35.5. The van der Waals surface area contributed by atoms with E-state index in [2.05, 4.69) is 11.8 Å². The van der Waals surface area contributed by atoms with Gasteiger partial charge < -0.3 is 10.0 Å². The zero-order chi connectivity index (χ0) is 9.47. The van der Waals surface area contributed by atoms with Crippen LogP contribution in [0, 0.1) is 11.3 Å². The summed E-state index contributed by atoms with van der Waals surface area (Å²) in [5.74, 6) is -0.143. The molecule has 1 heterocycles. The first-order valence-corrected chi connectivity index (χ1v) is 5.15. The molecule has 0 aromatic heterocycles. The topological polar surface area (TPSA) is 40.5 Å². The molecule has 4 heteroatoms. The fraction of sp³-hybridized carbons (Fsp3) is 0.900. The maximum Gasteiger partial charge on any atom is 0.311 e. The Labute approximate surface area is 90.9 Å².